The summed E-state index contributed by atoms with van der Waals surface area (Å²) >= 11 is 2.76. The number of rotatable bonds is 8. The van der Waals surface area contributed by atoms with Crippen molar-refractivity contribution in [3.63, 3.8) is 0 Å². The van der Waals surface area contributed by atoms with Crippen molar-refractivity contribution in [2.45, 2.75) is 23.6 Å². The van der Waals surface area contributed by atoms with E-state index < -0.39 is 32.0 Å². The summed E-state index contributed by atoms with van der Waals surface area (Å²) in [4.78, 5) is 22.4. The van der Waals surface area contributed by atoms with Crippen LogP contribution in [0, 0.1) is 13.8 Å². The van der Waals surface area contributed by atoms with E-state index in [1.807, 2.05) is 62.4 Å². The summed E-state index contributed by atoms with van der Waals surface area (Å²) in [6, 6.07) is 26.2. The van der Waals surface area contributed by atoms with E-state index in [2.05, 4.69) is 14.2 Å². The molecule has 0 unspecified atom stereocenters. The second-order valence-electron chi connectivity index (χ2n) is 10.2. The maximum atomic E-state index is 12.6. The Hall–Kier alpha value is -4.76. The van der Waals surface area contributed by atoms with Crippen LogP contribution in [0.15, 0.2) is 107 Å². The van der Waals surface area contributed by atoms with Gasteiger partial charge in [-0.05, 0) is 96.4 Å². The highest BCUT2D eigenvalue weighted by Gasteiger charge is 2.20. The van der Waals surface area contributed by atoms with E-state index in [0.29, 0.717) is 15.6 Å². The fraction of sp³-hybridized carbons (Fsp3) is 0.0909. The molecule has 6 rings (SSSR count). The number of anilines is 2. The van der Waals surface area contributed by atoms with Gasteiger partial charge in [-0.15, -0.1) is 22.7 Å². The molecule has 4 aromatic carbocycles. The summed E-state index contributed by atoms with van der Waals surface area (Å²) in [7, 11) is -6.21. The number of nitrogens with one attached hydrogen (secondary N) is 2. The van der Waals surface area contributed by atoms with Crippen LogP contribution in [0.4, 0.5) is 10.0 Å². The maximum absolute atomic E-state index is 12.6. The zero-order chi connectivity index (χ0) is 33.9. The molecule has 0 saturated heterocycles. The predicted molar refractivity (Wildman–Crippen MR) is 186 cm³/mol. The first kappa shape index (κ1) is 33.6. The van der Waals surface area contributed by atoms with Gasteiger partial charge in [0, 0.05) is 9.40 Å². The number of aryl methyl sites for hydroxylation is 2. The number of methoxy groups -OCH3 is 1. The second-order valence-corrected chi connectivity index (χ2v) is 15.6. The molecule has 0 atom stereocenters. The van der Waals surface area contributed by atoms with Crippen LogP contribution in [-0.4, -0.2) is 41.0 Å². The highest BCUT2D eigenvalue weighted by molar-refractivity contribution is 7.93. The molecule has 6 aromatic rings. The molecule has 0 radical (unpaired) electrons. The minimum Gasteiger partial charge on any atom is -0.478 e. The standard InChI is InChI=1S/C17H15NO4S2.C16H13NO4S2/c1-11-14-5-3-4-6-15(14)23-16(11)18-24(20,21)13-9-7-12(8-10-13)17(19)22-2;1-10-13-4-2-3-5-14(13)22-15(10)17-23(20,21)12-8-6-11(7-9-12)16(18)19/h3-10,18H,1-2H3;2-9,17H,1H3,(H,18,19). The van der Waals surface area contributed by atoms with Crippen LogP contribution in [0.3, 0.4) is 0 Å². The Kier molecular flexibility index (Phi) is 9.68. The number of sulfonamides is 2. The lowest BCUT2D eigenvalue weighted by atomic mass is 10.2. The van der Waals surface area contributed by atoms with Gasteiger partial charge in [0.05, 0.1) is 28.0 Å². The number of hydrogen-bond acceptors (Lipinski definition) is 9. The van der Waals surface area contributed by atoms with Crippen molar-refractivity contribution in [3.8, 4) is 0 Å². The third-order valence-corrected chi connectivity index (χ3v) is 12.5. The molecule has 0 bridgehead atoms. The molecular formula is C33H28N2O8S4. The van der Waals surface area contributed by atoms with E-state index in [4.69, 9.17) is 5.11 Å². The number of hydrogen-bond donors (Lipinski definition) is 3. The lowest BCUT2D eigenvalue weighted by molar-refractivity contribution is 0.0599. The minimum absolute atomic E-state index is 0.0272. The number of carbonyl (C=O) groups excluding carboxylic acids is 1. The fourth-order valence-corrected chi connectivity index (χ4v) is 9.50. The van der Waals surface area contributed by atoms with Crippen molar-refractivity contribution in [1.29, 1.82) is 0 Å². The van der Waals surface area contributed by atoms with Gasteiger partial charge in [0.1, 0.15) is 10.0 Å². The normalized spacial score (nSPS) is 11.5. The van der Waals surface area contributed by atoms with Crippen LogP contribution < -0.4 is 9.44 Å². The topological polar surface area (TPSA) is 156 Å². The van der Waals surface area contributed by atoms with Crippen molar-refractivity contribution in [3.05, 3.63) is 119 Å². The van der Waals surface area contributed by atoms with Gasteiger partial charge in [0.2, 0.25) is 0 Å². The van der Waals surface area contributed by atoms with Gasteiger partial charge < -0.3 is 9.84 Å². The largest absolute Gasteiger partial charge is 0.478 e. The molecular weight excluding hydrogens is 681 g/mol. The lowest BCUT2D eigenvalue weighted by Crippen LogP contribution is -2.13. The predicted octanol–water partition coefficient (Wildman–Crippen LogP) is 7.51. The Morgan fingerprint density at radius 3 is 1.36 bits per heavy atom. The highest BCUT2D eigenvalue weighted by atomic mass is 32.2. The zero-order valence-electron chi connectivity index (χ0n) is 25.2. The zero-order valence-corrected chi connectivity index (χ0v) is 28.4. The van der Waals surface area contributed by atoms with E-state index in [0.717, 1.165) is 31.3 Å². The summed E-state index contributed by atoms with van der Waals surface area (Å²) in [6.07, 6.45) is 0. The van der Waals surface area contributed by atoms with Crippen molar-refractivity contribution in [2.75, 3.05) is 16.6 Å². The minimum atomic E-state index is -3.76. The number of ether oxygens (including phenoxy) is 1. The van der Waals surface area contributed by atoms with E-state index >= 15 is 0 Å². The Morgan fingerprint density at radius 2 is 1.00 bits per heavy atom. The SMILES string of the molecule is COC(=O)c1ccc(S(=O)(=O)Nc2sc3ccccc3c2C)cc1.Cc1c(NS(=O)(=O)c2ccc(C(=O)O)cc2)sc2ccccc12. The Balaban J connectivity index is 0.000000185. The summed E-state index contributed by atoms with van der Waals surface area (Å²) < 4.78 is 61.9. The van der Waals surface area contributed by atoms with E-state index in [1.165, 1.54) is 78.3 Å². The monoisotopic (exact) mass is 708 g/mol. The van der Waals surface area contributed by atoms with Crippen LogP contribution in [0.5, 0.6) is 0 Å². The molecule has 0 fully saturated rings. The molecule has 2 heterocycles. The molecule has 0 amide bonds. The smallest absolute Gasteiger partial charge is 0.337 e. The van der Waals surface area contributed by atoms with Gasteiger partial charge in [-0.3, -0.25) is 9.44 Å². The molecule has 0 spiro atoms. The van der Waals surface area contributed by atoms with Crippen molar-refractivity contribution in [2.24, 2.45) is 0 Å². The molecule has 3 N–H and O–H groups in total. The number of esters is 1. The van der Waals surface area contributed by atoms with Crippen LogP contribution in [0.25, 0.3) is 20.2 Å². The number of aromatic carboxylic acids is 1. The van der Waals surface area contributed by atoms with Crippen LogP contribution in [0.2, 0.25) is 0 Å². The number of fused-ring (bicyclic) bond motifs is 2. The number of benzene rings is 4. The molecule has 10 nitrogen and oxygen atoms in total. The average Bonchev–Trinajstić information content (AvgIpc) is 3.55. The third kappa shape index (κ3) is 7.30. The van der Waals surface area contributed by atoms with Crippen LogP contribution in [-0.2, 0) is 24.8 Å². The first-order valence-corrected chi connectivity index (χ1v) is 18.4. The number of thiophene rings is 2. The van der Waals surface area contributed by atoms with Gasteiger partial charge in [-0.25, -0.2) is 26.4 Å². The molecule has 2 aromatic heterocycles. The fourth-order valence-electron chi connectivity index (χ4n) is 4.57. The van der Waals surface area contributed by atoms with Gasteiger partial charge in [-0.2, -0.15) is 0 Å². The summed E-state index contributed by atoms with van der Waals surface area (Å²) in [5.74, 6) is -1.60. The van der Waals surface area contributed by atoms with Gasteiger partial charge >= 0.3 is 11.9 Å². The molecule has 14 heteroatoms. The summed E-state index contributed by atoms with van der Waals surface area (Å²) in [6.45, 7) is 3.75. The summed E-state index contributed by atoms with van der Waals surface area (Å²) in [5, 5.41) is 12.1. The highest BCUT2D eigenvalue weighted by Crippen LogP contribution is 2.37. The molecule has 0 aliphatic carbocycles. The van der Waals surface area contributed by atoms with Crippen molar-refractivity contribution >= 4 is 84.8 Å². The first-order chi connectivity index (χ1) is 22.3. The van der Waals surface area contributed by atoms with Crippen LogP contribution >= 0.6 is 22.7 Å². The molecule has 242 valence electrons. The van der Waals surface area contributed by atoms with Gasteiger partial charge in [-0.1, -0.05) is 36.4 Å². The van der Waals surface area contributed by atoms with Crippen molar-refractivity contribution in [1.82, 2.24) is 0 Å². The summed E-state index contributed by atoms with van der Waals surface area (Å²) in [5.41, 5.74) is 2.11. The Labute approximate surface area is 279 Å². The van der Waals surface area contributed by atoms with Crippen molar-refractivity contribution < 1.29 is 36.3 Å². The molecule has 47 heavy (non-hydrogen) atoms. The van der Waals surface area contributed by atoms with Gasteiger partial charge in [0.25, 0.3) is 20.0 Å². The maximum Gasteiger partial charge on any atom is 0.337 e. The number of carboxylic acid groups (broad SMARTS) is 1. The van der Waals surface area contributed by atoms with E-state index in [9.17, 15) is 26.4 Å². The number of carboxylic acids is 1. The molecule has 0 aliphatic heterocycles. The lowest BCUT2D eigenvalue weighted by Gasteiger charge is -2.08. The second kappa shape index (κ2) is 13.5. The first-order valence-electron chi connectivity index (χ1n) is 13.8. The van der Waals surface area contributed by atoms with E-state index in [1.54, 1.807) is 0 Å². The van der Waals surface area contributed by atoms with E-state index in [-0.39, 0.29) is 15.4 Å². The number of carbonyl (C=O) groups is 2. The Morgan fingerprint density at radius 1 is 0.617 bits per heavy atom. The third-order valence-electron chi connectivity index (χ3n) is 7.14. The molecule has 0 saturated carbocycles. The Bertz CT molecular complexity index is 2330. The van der Waals surface area contributed by atoms with Gasteiger partial charge in [0.15, 0.2) is 0 Å². The quantitative estimate of drug-likeness (QED) is 0.137. The van der Waals surface area contributed by atoms with Crippen LogP contribution in [0.1, 0.15) is 31.8 Å². The molecule has 0 aliphatic rings. The average molecular weight is 709 g/mol.